The summed E-state index contributed by atoms with van der Waals surface area (Å²) < 4.78 is 11.9. The zero-order chi connectivity index (χ0) is 29.6. The van der Waals surface area contributed by atoms with E-state index in [0.717, 1.165) is 70.6 Å². The topological polar surface area (TPSA) is 71.1 Å². The van der Waals surface area contributed by atoms with Gasteiger partial charge in [0, 0.05) is 60.3 Å². The summed E-state index contributed by atoms with van der Waals surface area (Å²) in [5.74, 6) is -0.0986. The van der Waals surface area contributed by atoms with E-state index in [-0.39, 0.29) is 52.5 Å². The van der Waals surface area contributed by atoms with Crippen LogP contribution in [0.15, 0.2) is 0 Å². The highest BCUT2D eigenvalue weighted by atomic mass is 16.6. The number of hydrogen-bond acceptors (Lipinski definition) is 6. The molecule has 0 spiro atoms. The summed E-state index contributed by atoms with van der Waals surface area (Å²) in [4.78, 5) is 30.4. The first-order valence-electron chi connectivity index (χ1n) is 15.5. The first-order valence-corrected chi connectivity index (χ1v) is 15.5. The minimum atomic E-state index is -0.301. The molecule has 228 valence electrons. The molecule has 0 aromatic heterocycles. The fourth-order valence-electron chi connectivity index (χ4n) is 6.91. The van der Waals surface area contributed by atoms with E-state index in [1.54, 1.807) is 0 Å². The van der Waals surface area contributed by atoms with Crippen molar-refractivity contribution in [3.63, 3.8) is 0 Å². The zero-order valence-electron chi connectivity index (χ0n) is 27.2. The number of piperidine rings is 2. The maximum Gasteiger partial charge on any atom is 0.407 e. The van der Waals surface area contributed by atoms with Gasteiger partial charge in [0.25, 0.3) is 0 Å². The molecule has 2 heterocycles. The van der Waals surface area contributed by atoms with Gasteiger partial charge in [-0.2, -0.15) is 0 Å². The van der Waals surface area contributed by atoms with E-state index in [1.807, 2.05) is 0 Å². The van der Waals surface area contributed by atoms with Crippen molar-refractivity contribution in [2.24, 2.45) is 0 Å². The standard InChI is InChI=1S/C32H61N3O4/c1-12-13-14-17-24(33-28(37)39-26-22-31(6,7)35(11)32(8,9)23-26)18-15-16-19-27(36)38-25-20-29(2,3)34(10)30(4,5)21-25/h24-26H,12-23H2,1-11H3,(H,33,37). The van der Waals surface area contributed by atoms with Crippen LogP contribution in [-0.2, 0) is 14.3 Å². The lowest BCUT2D eigenvalue weighted by atomic mass is 9.79. The predicted molar refractivity (Wildman–Crippen MR) is 160 cm³/mol. The molecule has 2 rings (SSSR count). The van der Waals surface area contributed by atoms with E-state index in [4.69, 9.17) is 9.47 Å². The van der Waals surface area contributed by atoms with Gasteiger partial charge in [-0.05, 0) is 88.7 Å². The quantitative estimate of drug-likeness (QED) is 0.207. The molecular formula is C32H61N3O4. The van der Waals surface area contributed by atoms with Crippen molar-refractivity contribution >= 4 is 12.1 Å². The van der Waals surface area contributed by atoms with E-state index in [0.29, 0.717) is 6.42 Å². The first-order chi connectivity index (χ1) is 17.9. The molecule has 0 saturated carbocycles. The number of nitrogens with one attached hydrogen (secondary N) is 1. The second-order valence-corrected chi connectivity index (χ2v) is 14.9. The molecule has 0 bridgehead atoms. The summed E-state index contributed by atoms with van der Waals surface area (Å²) in [6.07, 6.45) is 10.2. The summed E-state index contributed by atoms with van der Waals surface area (Å²) in [5, 5.41) is 3.17. The molecule has 2 aliphatic heterocycles. The van der Waals surface area contributed by atoms with Gasteiger partial charge in [0.2, 0.25) is 0 Å². The minimum Gasteiger partial charge on any atom is -0.462 e. The number of unbranched alkanes of at least 4 members (excludes halogenated alkanes) is 3. The molecule has 0 radical (unpaired) electrons. The largest absolute Gasteiger partial charge is 0.462 e. The smallest absolute Gasteiger partial charge is 0.407 e. The number of alkyl carbamates (subject to hydrolysis) is 1. The van der Waals surface area contributed by atoms with Gasteiger partial charge in [-0.15, -0.1) is 0 Å². The number of ether oxygens (including phenoxy) is 2. The maximum absolute atomic E-state index is 12.9. The summed E-state index contributed by atoms with van der Waals surface area (Å²) in [7, 11) is 4.32. The van der Waals surface area contributed by atoms with Crippen molar-refractivity contribution in [2.45, 2.75) is 180 Å². The highest BCUT2D eigenvalue weighted by molar-refractivity contribution is 5.69. The third kappa shape index (κ3) is 9.91. The maximum atomic E-state index is 12.9. The Labute approximate surface area is 240 Å². The van der Waals surface area contributed by atoms with E-state index in [9.17, 15) is 9.59 Å². The van der Waals surface area contributed by atoms with Crippen LogP contribution in [0.1, 0.15) is 139 Å². The van der Waals surface area contributed by atoms with Crippen molar-refractivity contribution in [3.8, 4) is 0 Å². The fourth-order valence-corrected chi connectivity index (χ4v) is 6.91. The van der Waals surface area contributed by atoms with Gasteiger partial charge in [0.1, 0.15) is 12.2 Å². The SMILES string of the molecule is CCCCCC(CCCCC(=O)OC1CC(C)(C)N(C)C(C)(C)C1)NC(=O)OC1CC(C)(C)N(C)C(C)(C)C1. The molecule has 1 atom stereocenters. The number of nitrogens with zero attached hydrogens (tertiary/aromatic N) is 2. The number of esters is 1. The Balaban J connectivity index is 1.82. The van der Waals surface area contributed by atoms with Crippen LogP contribution in [0.5, 0.6) is 0 Å². The van der Waals surface area contributed by atoms with E-state index in [1.165, 1.54) is 0 Å². The highest BCUT2D eigenvalue weighted by Crippen LogP contribution is 2.39. The molecule has 1 N–H and O–H groups in total. The lowest BCUT2D eigenvalue weighted by Crippen LogP contribution is -2.60. The molecule has 2 aliphatic rings. The average Bonchev–Trinajstić information content (AvgIpc) is 2.77. The second-order valence-electron chi connectivity index (χ2n) is 14.9. The number of carbonyl (C=O) groups is 2. The van der Waals surface area contributed by atoms with Crippen LogP contribution in [-0.4, -0.2) is 76.4 Å². The third-order valence-corrected chi connectivity index (χ3v) is 9.77. The van der Waals surface area contributed by atoms with Crippen LogP contribution in [0.2, 0.25) is 0 Å². The van der Waals surface area contributed by atoms with Crippen molar-refractivity contribution in [2.75, 3.05) is 14.1 Å². The Morgan fingerprint density at radius 3 is 1.56 bits per heavy atom. The monoisotopic (exact) mass is 551 g/mol. The number of rotatable bonds is 12. The van der Waals surface area contributed by atoms with E-state index >= 15 is 0 Å². The van der Waals surface area contributed by atoms with Gasteiger partial charge in [-0.25, -0.2) is 4.79 Å². The second kappa shape index (κ2) is 13.5. The summed E-state index contributed by atoms with van der Waals surface area (Å²) >= 11 is 0. The molecule has 7 heteroatoms. The van der Waals surface area contributed by atoms with Crippen molar-refractivity contribution in [1.29, 1.82) is 0 Å². The Bertz CT molecular complexity index is 771. The van der Waals surface area contributed by atoms with Crippen molar-refractivity contribution in [3.05, 3.63) is 0 Å². The Hall–Kier alpha value is -1.34. The fraction of sp³-hybridized carbons (Fsp3) is 0.938. The molecule has 7 nitrogen and oxygen atoms in total. The number of likely N-dealkylation sites (tertiary alicyclic amines) is 2. The van der Waals surface area contributed by atoms with Gasteiger partial charge in [-0.3, -0.25) is 14.6 Å². The Kier molecular flexibility index (Phi) is 11.8. The number of amides is 1. The first kappa shape index (κ1) is 33.9. The van der Waals surface area contributed by atoms with Crippen LogP contribution in [0.25, 0.3) is 0 Å². The summed E-state index contributed by atoms with van der Waals surface area (Å²) in [6, 6.07) is 0.0721. The van der Waals surface area contributed by atoms with Gasteiger partial charge < -0.3 is 14.8 Å². The molecule has 1 amide bonds. The van der Waals surface area contributed by atoms with Crippen LogP contribution >= 0.6 is 0 Å². The highest BCUT2D eigenvalue weighted by Gasteiger charge is 2.45. The normalized spacial score (nSPS) is 24.2. The van der Waals surface area contributed by atoms with Crippen molar-refractivity contribution in [1.82, 2.24) is 15.1 Å². The van der Waals surface area contributed by atoms with Crippen LogP contribution < -0.4 is 5.32 Å². The lowest BCUT2D eigenvalue weighted by Gasteiger charge is -2.53. The van der Waals surface area contributed by atoms with E-state index < -0.39 is 0 Å². The lowest BCUT2D eigenvalue weighted by molar-refractivity contribution is -0.159. The number of hydrogen-bond donors (Lipinski definition) is 1. The molecule has 39 heavy (non-hydrogen) atoms. The molecule has 0 aromatic rings. The Morgan fingerprint density at radius 2 is 1.13 bits per heavy atom. The Morgan fingerprint density at radius 1 is 0.718 bits per heavy atom. The molecule has 0 aliphatic carbocycles. The van der Waals surface area contributed by atoms with Gasteiger partial charge in [0.05, 0.1) is 0 Å². The molecule has 2 fully saturated rings. The average molecular weight is 552 g/mol. The molecular weight excluding hydrogens is 490 g/mol. The number of carbonyl (C=O) groups excluding carboxylic acids is 2. The summed E-state index contributed by atoms with van der Waals surface area (Å²) in [6.45, 7) is 20.0. The molecule has 0 aromatic carbocycles. The van der Waals surface area contributed by atoms with E-state index in [2.05, 4.69) is 91.5 Å². The van der Waals surface area contributed by atoms with Crippen molar-refractivity contribution < 1.29 is 19.1 Å². The molecule has 2 saturated heterocycles. The zero-order valence-corrected chi connectivity index (χ0v) is 27.2. The van der Waals surface area contributed by atoms with Crippen LogP contribution in [0.3, 0.4) is 0 Å². The van der Waals surface area contributed by atoms with Gasteiger partial charge in [-0.1, -0.05) is 32.6 Å². The molecule has 1 unspecified atom stereocenters. The third-order valence-electron chi connectivity index (χ3n) is 9.77. The van der Waals surface area contributed by atoms with Crippen LogP contribution in [0.4, 0.5) is 4.79 Å². The van der Waals surface area contributed by atoms with Gasteiger partial charge in [0.15, 0.2) is 0 Å². The van der Waals surface area contributed by atoms with Crippen LogP contribution in [0, 0.1) is 0 Å². The summed E-state index contributed by atoms with van der Waals surface area (Å²) in [5.41, 5.74) is -0.0583. The minimum absolute atomic E-state index is 0.00224. The van der Waals surface area contributed by atoms with Gasteiger partial charge >= 0.3 is 12.1 Å². The predicted octanol–water partition coefficient (Wildman–Crippen LogP) is 7.07.